The number of aromatic nitrogens is 2. The second-order valence-electron chi connectivity index (χ2n) is 2.67. The van der Waals surface area contributed by atoms with Gasteiger partial charge in [0.2, 0.25) is 0 Å². The quantitative estimate of drug-likeness (QED) is 0.444. The van der Waals surface area contributed by atoms with Gasteiger partial charge in [0, 0.05) is 11.3 Å². The van der Waals surface area contributed by atoms with Crippen molar-refractivity contribution in [2.24, 2.45) is 0 Å². The van der Waals surface area contributed by atoms with Crippen LogP contribution in [-0.4, -0.2) is 15.2 Å². The van der Waals surface area contributed by atoms with Crippen LogP contribution in [0.2, 0.25) is 0 Å². The Kier molecular flexibility index (Phi) is 1.45. The fourth-order valence-corrected chi connectivity index (χ4v) is 1.18. The van der Waals surface area contributed by atoms with Crippen LogP contribution in [0.15, 0.2) is 29.3 Å². The van der Waals surface area contributed by atoms with Crippen LogP contribution >= 0.6 is 0 Å². The molecule has 1 heterocycles. The van der Waals surface area contributed by atoms with Gasteiger partial charge >= 0.3 is 0 Å². The van der Waals surface area contributed by atoms with Gasteiger partial charge in [-0.05, 0) is 12.1 Å². The third-order valence-electron chi connectivity index (χ3n) is 1.83. The molecule has 0 saturated carbocycles. The number of nitrogen functional groups attached to an aromatic ring is 1. The van der Waals surface area contributed by atoms with Crippen molar-refractivity contribution in [1.29, 1.82) is 0 Å². The van der Waals surface area contributed by atoms with Crippen LogP contribution < -0.4 is 11.2 Å². The summed E-state index contributed by atoms with van der Waals surface area (Å²) in [4.78, 5) is 11.9. The van der Waals surface area contributed by atoms with E-state index >= 15 is 0 Å². The zero-order valence-corrected chi connectivity index (χ0v) is 6.64. The normalized spacial score (nSPS) is 10.5. The van der Waals surface area contributed by atoms with Gasteiger partial charge in [-0.2, -0.15) is 0 Å². The molecule has 0 bridgehead atoms. The summed E-state index contributed by atoms with van der Waals surface area (Å²) in [5.74, 6) is 0. The first kappa shape index (κ1) is 7.60. The Balaban J connectivity index is 2.91. The number of benzene rings is 1. The van der Waals surface area contributed by atoms with Crippen LogP contribution in [0.3, 0.4) is 0 Å². The summed E-state index contributed by atoms with van der Waals surface area (Å²) in [6.07, 6.45) is 2.58. The van der Waals surface area contributed by atoms with E-state index in [9.17, 15) is 4.79 Å². The minimum Gasteiger partial charge on any atom is -0.412 e. The van der Waals surface area contributed by atoms with Crippen molar-refractivity contribution in [2.75, 3.05) is 5.73 Å². The summed E-state index contributed by atoms with van der Waals surface area (Å²) in [5, 5.41) is 12.5. The molecule has 0 fully saturated rings. The van der Waals surface area contributed by atoms with Crippen molar-refractivity contribution in [2.45, 2.75) is 0 Å². The van der Waals surface area contributed by atoms with Crippen LogP contribution in [0.4, 0.5) is 5.69 Å². The molecule has 0 spiro atoms. The van der Waals surface area contributed by atoms with E-state index < -0.39 is 0 Å². The Morgan fingerprint density at radius 1 is 1.38 bits per heavy atom. The summed E-state index contributed by atoms with van der Waals surface area (Å²) in [7, 11) is 0. The van der Waals surface area contributed by atoms with Gasteiger partial charge in [-0.15, -0.1) is 9.94 Å². The highest BCUT2D eigenvalue weighted by atomic mass is 16.5. The summed E-state index contributed by atoms with van der Waals surface area (Å²) < 4.78 is 0. The largest absolute Gasteiger partial charge is 0.412 e. The number of hydrogen-bond donors (Lipinski definition) is 2. The molecule has 3 N–H and O–H groups in total. The number of hydrogen-bond acceptors (Lipinski definition) is 4. The molecule has 0 aromatic heterocycles. The van der Waals surface area contributed by atoms with Crippen LogP contribution in [0, 0.1) is 0 Å². The molecule has 0 radical (unpaired) electrons. The van der Waals surface area contributed by atoms with Gasteiger partial charge in [-0.25, -0.2) is 0 Å². The Labute approximate surface area is 73.3 Å². The van der Waals surface area contributed by atoms with Crippen molar-refractivity contribution in [3.8, 4) is 11.1 Å². The smallest absolute Gasteiger partial charge is 0.188 e. The Hall–Kier alpha value is -2.04. The van der Waals surface area contributed by atoms with Crippen LogP contribution in [0.25, 0.3) is 11.1 Å². The lowest BCUT2D eigenvalue weighted by Gasteiger charge is -2.06. The number of rotatable bonds is 0. The van der Waals surface area contributed by atoms with E-state index in [0.717, 1.165) is 0 Å². The SMILES string of the molecule is Nc1ccc(=O)c2cn(O)ncc1-2. The van der Waals surface area contributed by atoms with Gasteiger partial charge in [0.15, 0.2) is 5.43 Å². The first-order valence-corrected chi connectivity index (χ1v) is 3.65. The molecule has 0 unspecified atom stereocenters. The number of fused-ring (bicyclic) bond motifs is 1. The highest BCUT2D eigenvalue weighted by molar-refractivity contribution is 5.75. The number of nitrogens with two attached hydrogens (primary N) is 1. The molecule has 1 aliphatic heterocycles. The van der Waals surface area contributed by atoms with E-state index in [4.69, 9.17) is 10.9 Å². The lowest BCUT2D eigenvalue weighted by atomic mass is 10.1. The topological polar surface area (TPSA) is 81.1 Å². The van der Waals surface area contributed by atoms with Crippen molar-refractivity contribution in [1.82, 2.24) is 9.94 Å². The highest BCUT2D eigenvalue weighted by Gasteiger charge is 2.09. The molecule has 2 aliphatic rings. The molecular weight excluding hydrogens is 170 g/mol. The Bertz CT molecular complexity index is 478. The molecule has 5 nitrogen and oxygen atoms in total. The van der Waals surface area contributed by atoms with Crippen molar-refractivity contribution >= 4 is 5.69 Å². The third-order valence-corrected chi connectivity index (χ3v) is 1.83. The third kappa shape index (κ3) is 1.10. The van der Waals surface area contributed by atoms with Crippen LogP contribution in [-0.2, 0) is 0 Å². The van der Waals surface area contributed by atoms with Crippen LogP contribution in [0.1, 0.15) is 0 Å². The molecule has 1 aliphatic carbocycles. The number of nitrogens with zero attached hydrogens (tertiary/aromatic N) is 2. The molecule has 0 amide bonds. The monoisotopic (exact) mass is 177 g/mol. The molecule has 0 saturated heterocycles. The molecular formula is C8H7N3O2. The van der Waals surface area contributed by atoms with E-state index in [0.29, 0.717) is 21.7 Å². The average Bonchev–Trinajstić information content (AvgIpc) is 2.12. The van der Waals surface area contributed by atoms with Gasteiger partial charge in [0.1, 0.15) is 0 Å². The lowest BCUT2D eigenvalue weighted by Crippen LogP contribution is -2.10. The summed E-state index contributed by atoms with van der Waals surface area (Å²) >= 11 is 0. The minimum absolute atomic E-state index is 0.186. The molecule has 0 atom stereocenters. The average molecular weight is 177 g/mol. The van der Waals surface area contributed by atoms with E-state index in [1.54, 1.807) is 0 Å². The Morgan fingerprint density at radius 2 is 2.15 bits per heavy atom. The van der Waals surface area contributed by atoms with Crippen molar-refractivity contribution in [3.63, 3.8) is 0 Å². The lowest BCUT2D eigenvalue weighted by molar-refractivity contribution is 0.144. The molecule has 13 heavy (non-hydrogen) atoms. The fourth-order valence-electron chi connectivity index (χ4n) is 1.18. The Morgan fingerprint density at radius 3 is 2.92 bits per heavy atom. The van der Waals surface area contributed by atoms with E-state index in [1.165, 1.54) is 24.5 Å². The predicted octanol–water partition coefficient (Wildman–Crippen LogP) is 0.168. The van der Waals surface area contributed by atoms with E-state index in [2.05, 4.69) is 5.10 Å². The first-order valence-electron chi connectivity index (χ1n) is 3.65. The number of anilines is 1. The molecule has 0 aromatic carbocycles. The standard InChI is InChI=1S/C8H7N3O2/c9-7-1-2-8(12)6-4-11(13)10-3-5(6)7/h1-4,13H,9H2. The zero-order chi connectivity index (χ0) is 9.42. The summed E-state index contributed by atoms with van der Waals surface area (Å²) in [5.41, 5.74) is 6.81. The molecule has 5 heteroatoms. The molecule has 0 aromatic rings. The molecule has 66 valence electrons. The second kappa shape index (κ2) is 2.48. The maximum Gasteiger partial charge on any atom is 0.188 e. The van der Waals surface area contributed by atoms with Gasteiger partial charge in [0.05, 0.1) is 18.0 Å². The first-order chi connectivity index (χ1) is 6.18. The predicted molar refractivity (Wildman–Crippen MR) is 46.7 cm³/mol. The maximum absolute atomic E-state index is 11.3. The zero-order valence-electron chi connectivity index (χ0n) is 6.64. The van der Waals surface area contributed by atoms with Gasteiger partial charge in [0.25, 0.3) is 0 Å². The van der Waals surface area contributed by atoms with E-state index in [-0.39, 0.29) is 5.43 Å². The van der Waals surface area contributed by atoms with Gasteiger partial charge in [-0.1, -0.05) is 0 Å². The van der Waals surface area contributed by atoms with Crippen molar-refractivity contribution in [3.05, 3.63) is 34.7 Å². The second-order valence-corrected chi connectivity index (χ2v) is 2.67. The van der Waals surface area contributed by atoms with Gasteiger partial charge in [-0.3, -0.25) is 4.79 Å². The van der Waals surface area contributed by atoms with Crippen LogP contribution in [0.5, 0.6) is 0 Å². The maximum atomic E-state index is 11.3. The van der Waals surface area contributed by atoms with Gasteiger partial charge < -0.3 is 10.9 Å². The molecule has 2 rings (SSSR count). The summed E-state index contributed by atoms with van der Waals surface area (Å²) in [6, 6.07) is 2.88. The fraction of sp³-hybridized carbons (Fsp3) is 0. The van der Waals surface area contributed by atoms with Crippen molar-refractivity contribution < 1.29 is 5.21 Å². The summed E-state index contributed by atoms with van der Waals surface area (Å²) in [6.45, 7) is 0. The minimum atomic E-state index is -0.186. The van der Waals surface area contributed by atoms with E-state index in [1.807, 2.05) is 0 Å². The highest BCUT2D eigenvalue weighted by Crippen LogP contribution is 2.21.